The first-order chi connectivity index (χ1) is 9.25. The highest BCUT2D eigenvalue weighted by atomic mass is 14.2. The second-order valence-corrected chi connectivity index (χ2v) is 6.54. The smallest absolute Gasteiger partial charge is 0.0274 e. The van der Waals surface area contributed by atoms with Crippen molar-refractivity contribution in [1.82, 2.24) is 0 Å². The van der Waals surface area contributed by atoms with Crippen LogP contribution in [0, 0.1) is 5.92 Å². The summed E-state index contributed by atoms with van der Waals surface area (Å²) in [6.07, 6.45) is 21.1. The van der Waals surface area contributed by atoms with E-state index < -0.39 is 0 Å². The van der Waals surface area contributed by atoms with Crippen LogP contribution in [0.25, 0.3) is 0 Å². The van der Waals surface area contributed by atoms with Gasteiger partial charge in [-0.2, -0.15) is 0 Å². The lowest BCUT2D eigenvalue weighted by Gasteiger charge is -2.21. The fourth-order valence-corrected chi connectivity index (χ4v) is 3.51. The fourth-order valence-electron chi connectivity index (χ4n) is 3.51. The summed E-state index contributed by atoms with van der Waals surface area (Å²) >= 11 is 0. The molecule has 0 aliphatic heterocycles. The van der Waals surface area contributed by atoms with Gasteiger partial charge in [-0.05, 0) is 63.0 Å². The van der Waals surface area contributed by atoms with Crippen LogP contribution < -0.4 is 0 Å². The van der Waals surface area contributed by atoms with Crippen molar-refractivity contribution in [3.8, 4) is 0 Å². The molecule has 0 bridgehead atoms. The molecule has 0 aromatic carbocycles. The summed E-state index contributed by atoms with van der Waals surface area (Å²) in [5.74, 6) is 1.00. The predicted octanol–water partition coefficient (Wildman–Crippen LogP) is 6.35. The quantitative estimate of drug-likeness (QED) is 0.553. The number of allylic oxidation sites excluding steroid dienone is 6. The SMILES string of the molecule is CC1=CC(C)=C(CCC2CCCCC2)C=CCCC1. The van der Waals surface area contributed by atoms with Gasteiger partial charge in [-0.1, -0.05) is 55.9 Å². The van der Waals surface area contributed by atoms with E-state index in [4.69, 9.17) is 0 Å². The van der Waals surface area contributed by atoms with Crippen LogP contribution in [-0.4, -0.2) is 0 Å². The standard InChI is InChI=1S/C19H30/c1-16-9-5-3-8-12-19(17(2)15-16)14-13-18-10-6-4-7-11-18/h8,12,15,18H,3-7,9-11,13-14H2,1-2H3. The van der Waals surface area contributed by atoms with Crippen LogP contribution in [0.5, 0.6) is 0 Å². The molecule has 2 aliphatic rings. The Morgan fingerprint density at radius 1 is 1.05 bits per heavy atom. The molecule has 0 heteroatoms. The van der Waals surface area contributed by atoms with Gasteiger partial charge in [0.15, 0.2) is 0 Å². The van der Waals surface area contributed by atoms with Crippen molar-refractivity contribution in [3.63, 3.8) is 0 Å². The Bertz CT molecular complexity index is 361. The summed E-state index contributed by atoms with van der Waals surface area (Å²) in [7, 11) is 0. The maximum absolute atomic E-state index is 2.42. The molecule has 0 heterocycles. The van der Waals surface area contributed by atoms with Crippen molar-refractivity contribution in [2.45, 2.75) is 78.1 Å². The summed E-state index contributed by atoms with van der Waals surface area (Å²) in [5.41, 5.74) is 4.65. The second kappa shape index (κ2) is 7.72. The van der Waals surface area contributed by atoms with Crippen LogP contribution in [0.2, 0.25) is 0 Å². The minimum Gasteiger partial charge on any atom is -0.0842 e. The van der Waals surface area contributed by atoms with Gasteiger partial charge < -0.3 is 0 Å². The first-order valence-corrected chi connectivity index (χ1v) is 8.29. The maximum Gasteiger partial charge on any atom is -0.0274 e. The van der Waals surface area contributed by atoms with Crippen LogP contribution in [0.3, 0.4) is 0 Å². The Kier molecular flexibility index (Phi) is 5.94. The Labute approximate surface area is 119 Å². The third-order valence-electron chi connectivity index (χ3n) is 4.78. The molecule has 0 amide bonds. The van der Waals surface area contributed by atoms with Gasteiger partial charge in [0.2, 0.25) is 0 Å². The van der Waals surface area contributed by atoms with Gasteiger partial charge in [0.05, 0.1) is 0 Å². The van der Waals surface area contributed by atoms with Gasteiger partial charge in [0.25, 0.3) is 0 Å². The lowest BCUT2D eigenvalue weighted by atomic mass is 9.84. The molecule has 0 aromatic rings. The molecule has 0 unspecified atom stereocenters. The number of hydrogen-bond donors (Lipinski definition) is 0. The third kappa shape index (κ3) is 5.01. The molecule has 19 heavy (non-hydrogen) atoms. The first kappa shape index (κ1) is 14.6. The maximum atomic E-state index is 2.42. The van der Waals surface area contributed by atoms with Gasteiger partial charge in [-0.15, -0.1) is 0 Å². The van der Waals surface area contributed by atoms with Gasteiger partial charge in [0.1, 0.15) is 0 Å². The van der Waals surface area contributed by atoms with E-state index in [0.717, 1.165) is 5.92 Å². The zero-order chi connectivity index (χ0) is 13.5. The fraction of sp³-hybridized carbons (Fsp3) is 0.684. The molecule has 2 rings (SSSR count). The van der Waals surface area contributed by atoms with E-state index in [1.165, 1.54) is 69.8 Å². The van der Waals surface area contributed by atoms with Crippen LogP contribution >= 0.6 is 0 Å². The van der Waals surface area contributed by atoms with Crippen molar-refractivity contribution in [2.75, 3.05) is 0 Å². The minimum atomic E-state index is 1.00. The topological polar surface area (TPSA) is 0 Å². The van der Waals surface area contributed by atoms with Crippen molar-refractivity contribution in [3.05, 3.63) is 34.9 Å². The van der Waals surface area contributed by atoms with Crippen LogP contribution in [-0.2, 0) is 0 Å². The molecule has 0 atom stereocenters. The molecule has 2 aliphatic carbocycles. The summed E-state index contributed by atoms with van der Waals surface area (Å²) in [4.78, 5) is 0. The third-order valence-corrected chi connectivity index (χ3v) is 4.78. The van der Waals surface area contributed by atoms with Crippen LogP contribution in [0.4, 0.5) is 0 Å². The largest absolute Gasteiger partial charge is 0.0842 e. The Balaban J connectivity index is 1.97. The Hall–Kier alpha value is -0.780. The Morgan fingerprint density at radius 2 is 1.84 bits per heavy atom. The van der Waals surface area contributed by atoms with Crippen molar-refractivity contribution >= 4 is 0 Å². The molecular weight excluding hydrogens is 228 g/mol. The second-order valence-electron chi connectivity index (χ2n) is 6.54. The van der Waals surface area contributed by atoms with E-state index in [2.05, 4.69) is 32.1 Å². The highest BCUT2D eigenvalue weighted by molar-refractivity contribution is 5.34. The lowest BCUT2D eigenvalue weighted by Crippen LogP contribution is -2.06. The summed E-state index contributed by atoms with van der Waals surface area (Å²) in [5, 5.41) is 0. The molecule has 0 nitrogen and oxygen atoms in total. The molecule has 0 aromatic heterocycles. The van der Waals surface area contributed by atoms with E-state index >= 15 is 0 Å². The zero-order valence-corrected chi connectivity index (χ0v) is 12.9. The average molecular weight is 258 g/mol. The first-order valence-electron chi connectivity index (χ1n) is 8.29. The molecule has 0 spiro atoms. The van der Waals surface area contributed by atoms with Crippen molar-refractivity contribution < 1.29 is 0 Å². The van der Waals surface area contributed by atoms with E-state index in [1.54, 1.807) is 11.1 Å². The van der Waals surface area contributed by atoms with E-state index in [-0.39, 0.29) is 0 Å². The van der Waals surface area contributed by atoms with E-state index in [1.807, 2.05) is 0 Å². The molecule has 106 valence electrons. The number of hydrogen-bond acceptors (Lipinski definition) is 0. The highest BCUT2D eigenvalue weighted by Gasteiger charge is 2.13. The van der Waals surface area contributed by atoms with Gasteiger partial charge in [-0.25, -0.2) is 0 Å². The van der Waals surface area contributed by atoms with Gasteiger partial charge >= 0.3 is 0 Å². The van der Waals surface area contributed by atoms with E-state index in [9.17, 15) is 0 Å². The van der Waals surface area contributed by atoms with Crippen LogP contribution in [0.1, 0.15) is 78.1 Å². The monoisotopic (exact) mass is 258 g/mol. The molecule has 0 N–H and O–H groups in total. The van der Waals surface area contributed by atoms with Gasteiger partial charge in [-0.3, -0.25) is 0 Å². The zero-order valence-electron chi connectivity index (χ0n) is 12.9. The molecule has 1 saturated carbocycles. The van der Waals surface area contributed by atoms with Gasteiger partial charge in [0, 0.05) is 0 Å². The summed E-state index contributed by atoms with van der Waals surface area (Å²) < 4.78 is 0. The summed E-state index contributed by atoms with van der Waals surface area (Å²) in [6.45, 7) is 4.59. The highest BCUT2D eigenvalue weighted by Crippen LogP contribution is 2.30. The average Bonchev–Trinajstić information content (AvgIpc) is 2.49. The minimum absolute atomic E-state index is 1.00. The van der Waals surface area contributed by atoms with Crippen molar-refractivity contribution in [1.29, 1.82) is 0 Å². The van der Waals surface area contributed by atoms with E-state index in [0.29, 0.717) is 0 Å². The molecular formula is C19H30. The molecule has 1 fully saturated rings. The lowest BCUT2D eigenvalue weighted by molar-refractivity contribution is 0.339. The molecule has 0 saturated heterocycles. The molecule has 0 radical (unpaired) electrons. The summed E-state index contributed by atoms with van der Waals surface area (Å²) in [6, 6.07) is 0. The normalized spacial score (nSPS) is 22.7. The van der Waals surface area contributed by atoms with Crippen LogP contribution in [0.15, 0.2) is 34.9 Å². The van der Waals surface area contributed by atoms with Crippen molar-refractivity contribution in [2.24, 2.45) is 5.92 Å². The predicted molar refractivity (Wildman–Crippen MR) is 85.3 cm³/mol. The Morgan fingerprint density at radius 3 is 2.63 bits per heavy atom. The number of rotatable bonds is 3.